The second-order valence-corrected chi connectivity index (χ2v) is 12.7. The van der Waals surface area contributed by atoms with Gasteiger partial charge in [0.25, 0.3) is 0 Å². The Labute approximate surface area is 230 Å². The predicted octanol–water partition coefficient (Wildman–Crippen LogP) is 5.68. The van der Waals surface area contributed by atoms with E-state index in [-0.39, 0.29) is 35.0 Å². The summed E-state index contributed by atoms with van der Waals surface area (Å²) in [6, 6.07) is 18.9. The van der Waals surface area contributed by atoms with E-state index in [2.05, 4.69) is 15.9 Å². The van der Waals surface area contributed by atoms with E-state index in [1.807, 2.05) is 54.4 Å². The maximum atomic E-state index is 13.6. The Morgan fingerprint density at radius 1 is 1.11 bits per heavy atom. The third-order valence-electron chi connectivity index (χ3n) is 6.16. The molecule has 0 aliphatic carbocycles. The average molecular weight is 610 g/mol. The minimum absolute atomic E-state index is 0.0137. The number of hydrogen-bond donors (Lipinski definition) is 0. The third kappa shape index (κ3) is 7.54. The van der Waals surface area contributed by atoms with Gasteiger partial charge in [-0.3, -0.25) is 9.69 Å². The topological polar surface area (TPSA) is 66.9 Å². The number of carbonyl (C=O) groups excluding carboxylic acids is 1. The van der Waals surface area contributed by atoms with Gasteiger partial charge in [-0.25, -0.2) is 12.8 Å². The maximum Gasteiger partial charge on any atom is 0.237 e. The largest absolute Gasteiger partial charge is 0.457 e. The summed E-state index contributed by atoms with van der Waals surface area (Å²) in [5, 5.41) is -0.0378. The van der Waals surface area contributed by atoms with Gasteiger partial charge >= 0.3 is 0 Å². The Balaban J connectivity index is 1.49. The van der Waals surface area contributed by atoms with E-state index in [4.69, 9.17) is 16.3 Å². The van der Waals surface area contributed by atoms with Crippen molar-refractivity contribution >= 4 is 43.3 Å². The molecule has 0 N–H and O–H groups in total. The molecule has 196 valence electrons. The summed E-state index contributed by atoms with van der Waals surface area (Å²) in [7, 11) is -1.33. The fourth-order valence-electron chi connectivity index (χ4n) is 4.31. The molecule has 0 spiro atoms. The molecule has 1 fully saturated rings. The van der Waals surface area contributed by atoms with Gasteiger partial charge in [-0.05, 0) is 43.3 Å². The van der Waals surface area contributed by atoms with Gasteiger partial charge in [0, 0.05) is 35.2 Å². The summed E-state index contributed by atoms with van der Waals surface area (Å²) in [4.78, 5) is 17.0. The molecule has 4 rings (SSSR count). The predicted molar refractivity (Wildman–Crippen MR) is 146 cm³/mol. The van der Waals surface area contributed by atoms with Gasteiger partial charge in [0.1, 0.15) is 17.3 Å². The Hall–Kier alpha value is -2.46. The lowest BCUT2D eigenvalue weighted by Gasteiger charge is -2.30. The van der Waals surface area contributed by atoms with Crippen LogP contribution < -0.4 is 4.74 Å². The van der Waals surface area contributed by atoms with Crippen molar-refractivity contribution in [2.45, 2.75) is 25.6 Å². The monoisotopic (exact) mass is 608 g/mol. The van der Waals surface area contributed by atoms with E-state index in [1.54, 1.807) is 11.0 Å². The van der Waals surface area contributed by atoms with Crippen molar-refractivity contribution in [3.63, 3.8) is 0 Å². The molecule has 1 saturated heterocycles. The number of sulfone groups is 1. The van der Waals surface area contributed by atoms with Gasteiger partial charge in [0.2, 0.25) is 5.91 Å². The van der Waals surface area contributed by atoms with E-state index in [1.165, 1.54) is 18.2 Å². The molecule has 0 saturated carbocycles. The molecule has 3 aromatic rings. The van der Waals surface area contributed by atoms with Crippen molar-refractivity contribution < 1.29 is 22.3 Å². The summed E-state index contributed by atoms with van der Waals surface area (Å²) in [6.45, 7) is 0.846. The SMILES string of the molecule is CN(CC(=O)N(Cc1ccccc1)C1CCS(=O)(=O)C1)Cc1ccc(Br)cc1Oc1ccc(F)c(Cl)c1. The normalized spacial score (nSPS) is 16.6. The lowest BCUT2D eigenvalue weighted by Crippen LogP contribution is -2.45. The highest BCUT2D eigenvalue weighted by Gasteiger charge is 2.35. The molecule has 0 bridgehead atoms. The van der Waals surface area contributed by atoms with Gasteiger partial charge in [-0.2, -0.15) is 0 Å². The van der Waals surface area contributed by atoms with Crippen LogP contribution in [-0.4, -0.2) is 55.3 Å². The molecule has 1 heterocycles. The maximum absolute atomic E-state index is 13.6. The zero-order valence-electron chi connectivity index (χ0n) is 20.2. The lowest BCUT2D eigenvalue weighted by molar-refractivity contribution is -0.134. The number of likely N-dealkylation sites (N-methyl/N-ethyl adjacent to an activating group) is 1. The highest BCUT2D eigenvalue weighted by Crippen LogP contribution is 2.31. The molecule has 1 aliphatic rings. The molecule has 6 nitrogen and oxygen atoms in total. The molecule has 0 aromatic heterocycles. The highest BCUT2D eigenvalue weighted by molar-refractivity contribution is 9.10. The standard InChI is InChI=1S/C27H27BrClFN2O4S/c1-31(16-20-7-8-21(28)13-26(20)36-23-9-10-25(30)24(29)14-23)17-27(33)32(15-19-5-3-2-4-6-19)22-11-12-37(34,35)18-22/h2-10,13-14,22H,11-12,15-18H2,1H3. The van der Waals surface area contributed by atoms with Crippen molar-refractivity contribution in [3.8, 4) is 11.5 Å². The number of halogens is 3. The molecule has 1 unspecified atom stereocenters. The molecule has 1 aliphatic heterocycles. The van der Waals surface area contributed by atoms with E-state index in [9.17, 15) is 17.6 Å². The number of ether oxygens (including phenoxy) is 1. The fraction of sp³-hybridized carbons (Fsp3) is 0.296. The van der Waals surface area contributed by atoms with Crippen LogP contribution in [0.5, 0.6) is 11.5 Å². The fourth-order valence-corrected chi connectivity index (χ4v) is 6.55. The Morgan fingerprint density at radius 3 is 2.54 bits per heavy atom. The molecular weight excluding hydrogens is 583 g/mol. The number of hydrogen-bond acceptors (Lipinski definition) is 5. The zero-order valence-corrected chi connectivity index (χ0v) is 23.4. The molecule has 0 radical (unpaired) electrons. The van der Waals surface area contributed by atoms with Crippen LogP contribution in [0, 0.1) is 5.82 Å². The molecule has 10 heteroatoms. The minimum atomic E-state index is -3.15. The highest BCUT2D eigenvalue weighted by atomic mass is 79.9. The van der Waals surface area contributed by atoms with Crippen LogP contribution in [-0.2, 0) is 27.7 Å². The molecular formula is C27H27BrClFN2O4S. The van der Waals surface area contributed by atoms with Crippen LogP contribution in [0.4, 0.5) is 4.39 Å². The van der Waals surface area contributed by atoms with Crippen LogP contribution >= 0.6 is 27.5 Å². The van der Waals surface area contributed by atoms with E-state index < -0.39 is 15.7 Å². The first-order valence-corrected chi connectivity index (χ1v) is 14.7. The summed E-state index contributed by atoms with van der Waals surface area (Å²) >= 11 is 9.35. The summed E-state index contributed by atoms with van der Waals surface area (Å²) in [6.07, 6.45) is 0.440. The van der Waals surface area contributed by atoms with Crippen molar-refractivity contribution in [1.29, 1.82) is 0 Å². The second-order valence-electron chi connectivity index (χ2n) is 9.17. The summed E-state index contributed by atoms with van der Waals surface area (Å²) < 4.78 is 44.6. The number of nitrogens with zero attached hydrogens (tertiary/aromatic N) is 2. The Kier molecular flexibility index (Phi) is 8.90. The zero-order chi connectivity index (χ0) is 26.6. The number of rotatable bonds is 9. The van der Waals surface area contributed by atoms with Gasteiger partial charge in [0.15, 0.2) is 9.84 Å². The number of amides is 1. The molecule has 3 aromatic carbocycles. The van der Waals surface area contributed by atoms with E-state index >= 15 is 0 Å². The van der Waals surface area contributed by atoms with Crippen LogP contribution in [0.3, 0.4) is 0 Å². The first-order chi connectivity index (χ1) is 17.6. The second kappa shape index (κ2) is 11.9. The number of carbonyl (C=O) groups is 1. The van der Waals surface area contributed by atoms with Crippen molar-refractivity contribution in [2.75, 3.05) is 25.1 Å². The quantitative estimate of drug-likeness (QED) is 0.312. The van der Waals surface area contributed by atoms with Crippen LogP contribution in [0.15, 0.2) is 71.2 Å². The van der Waals surface area contributed by atoms with Gasteiger partial charge in [-0.15, -0.1) is 0 Å². The van der Waals surface area contributed by atoms with Gasteiger partial charge in [-0.1, -0.05) is 63.9 Å². The first kappa shape index (κ1) is 27.6. The van der Waals surface area contributed by atoms with Crippen LogP contribution in [0.2, 0.25) is 5.02 Å². The molecule has 37 heavy (non-hydrogen) atoms. The first-order valence-electron chi connectivity index (χ1n) is 11.7. The third-order valence-corrected chi connectivity index (χ3v) is 8.69. The van der Waals surface area contributed by atoms with Crippen LogP contribution in [0.25, 0.3) is 0 Å². The molecule has 1 atom stereocenters. The minimum Gasteiger partial charge on any atom is -0.457 e. The molecule has 1 amide bonds. The smallest absolute Gasteiger partial charge is 0.237 e. The Morgan fingerprint density at radius 2 is 1.86 bits per heavy atom. The van der Waals surface area contributed by atoms with Gasteiger partial charge < -0.3 is 9.64 Å². The van der Waals surface area contributed by atoms with E-state index in [0.717, 1.165) is 15.6 Å². The van der Waals surface area contributed by atoms with Crippen molar-refractivity contribution in [1.82, 2.24) is 9.80 Å². The Bertz CT molecular complexity index is 1370. The van der Waals surface area contributed by atoms with Crippen molar-refractivity contribution in [3.05, 3.63) is 93.2 Å². The number of benzene rings is 3. The van der Waals surface area contributed by atoms with Gasteiger partial charge in [0.05, 0.1) is 23.1 Å². The lowest BCUT2D eigenvalue weighted by atomic mass is 10.1. The summed E-state index contributed by atoms with van der Waals surface area (Å²) in [5.41, 5.74) is 1.77. The van der Waals surface area contributed by atoms with Crippen LogP contribution in [0.1, 0.15) is 17.5 Å². The van der Waals surface area contributed by atoms with E-state index in [0.29, 0.717) is 31.0 Å². The van der Waals surface area contributed by atoms with Crippen molar-refractivity contribution in [2.24, 2.45) is 0 Å². The summed E-state index contributed by atoms with van der Waals surface area (Å²) in [5.74, 6) is 0.342. The average Bonchev–Trinajstić information content (AvgIpc) is 3.21.